The minimum Gasteiger partial charge on any atom is -0.322 e. The molecular formula is C20H21ClN6O4S2. The normalized spacial score (nSPS) is 18.0. The van der Waals surface area contributed by atoms with Gasteiger partial charge in [0.15, 0.2) is 14.9 Å². The second-order valence-corrected chi connectivity index (χ2v) is 12.6. The lowest BCUT2D eigenvalue weighted by Crippen LogP contribution is -2.28. The fourth-order valence-corrected chi connectivity index (χ4v) is 6.25. The lowest BCUT2D eigenvalue weighted by Gasteiger charge is -2.18. The molecule has 3 aromatic heterocycles. The molecule has 174 valence electrons. The first-order valence-corrected chi connectivity index (χ1v) is 14.3. The van der Waals surface area contributed by atoms with Crippen LogP contribution in [-0.2, 0) is 26.4 Å². The zero-order valence-corrected chi connectivity index (χ0v) is 20.3. The van der Waals surface area contributed by atoms with Gasteiger partial charge >= 0.3 is 0 Å². The van der Waals surface area contributed by atoms with Crippen molar-refractivity contribution in [2.24, 2.45) is 0 Å². The first-order valence-electron chi connectivity index (χ1n) is 10.1. The second kappa shape index (κ2) is 7.76. The Morgan fingerprint density at radius 3 is 2.61 bits per heavy atom. The summed E-state index contributed by atoms with van der Waals surface area (Å²) in [6.45, 7) is 0.929. The summed E-state index contributed by atoms with van der Waals surface area (Å²) in [6, 6.07) is 6.88. The van der Waals surface area contributed by atoms with Crippen molar-refractivity contribution < 1.29 is 16.8 Å². The smallest absolute Gasteiger partial charge is 0.211 e. The van der Waals surface area contributed by atoms with Crippen molar-refractivity contribution in [2.75, 3.05) is 25.6 Å². The molecule has 0 saturated carbocycles. The number of aromatic nitrogens is 5. The molecule has 0 radical (unpaired) electrons. The van der Waals surface area contributed by atoms with Crippen LogP contribution in [0.15, 0.2) is 41.7 Å². The molecule has 0 spiro atoms. The highest BCUT2D eigenvalue weighted by Crippen LogP contribution is 2.31. The van der Waals surface area contributed by atoms with E-state index in [9.17, 15) is 16.8 Å². The number of nitrogens with zero attached hydrogens (tertiary/aromatic N) is 6. The zero-order valence-electron chi connectivity index (χ0n) is 17.9. The van der Waals surface area contributed by atoms with Crippen LogP contribution < -0.4 is 0 Å². The standard InChI is InChI=1S/C20H21ClN6O4S2/c1-32(28,29)20-15-5-7-22-10-18(15)26(24-20)12-19-23-16-9-13(21)3-4-17(16)27(19)14-6-8-25(11-14)33(2,30)31/h3-5,7,9-10,14H,6,8,11-12H2,1-2H3/t14-/m1/s1. The van der Waals surface area contributed by atoms with Gasteiger partial charge in [-0.2, -0.15) is 5.10 Å². The van der Waals surface area contributed by atoms with Crippen molar-refractivity contribution in [2.45, 2.75) is 24.0 Å². The number of sulfonamides is 1. The summed E-state index contributed by atoms with van der Waals surface area (Å²) in [6.07, 6.45) is 6.05. The Morgan fingerprint density at radius 2 is 1.91 bits per heavy atom. The first kappa shape index (κ1) is 22.3. The van der Waals surface area contributed by atoms with Crippen LogP contribution in [0.25, 0.3) is 21.9 Å². The van der Waals surface area contributed by atoms with Crippen molar-refractivity contribution in [1.29, 1.82) is 0 Å². The van der Waals surface area contributed by atoms with Crippen molar-refractivity contribution in [3.8, 4) is 0 Å². The van der Waals surface area contributed by atoms with Crippen molar-refractivity contribution in [3.05, 3.63) is 47.5 Å². The van der Waals surface area contributed by atoms with Gasteiger partial charge in [-0.15, -0.1) is 0 Å². The Kier molecular flexibility index (Phi) is 5.23. The molecule has 1 aromatic carbocycles. The maximum atomic E-state index is 12.3. The molecular weight excluding hydrogens is 488 g/mol. The lowest BCUT2D eigenvalue weighted by atomic mass is 10.2. The number of rotatable bonds is 5. The minimum absolute atomic E-state index is 0.0188. The molecule has 4 aromatic rings. The topological polar surface area (TPSA) is 120 Å². The number of pyridine rings is 1. The molecule has 0 aliphatic carbocycles. The van der Waals surface area contributed by atoms with Gasteiger partial charge in [0.1, 0.15) is 5.82 Å². The molecule has 1 aliphatic heterocycles. The molecule has 10 nitrogen and oxygen atoms in total. The van der Waals surface area contributed by atoms with Gasteiger partial charge in [0.25, 0.3) is 0 Å². The largest absolute Gasteiger partial charge is 0.322 e. The predicted molar refractivity (Wildman–Crippen MR) is 125 cm³/mol. The molecule has 0 N–H and O–H groups in total. The van der Waals surface area contributed by atoms with E-state index < -0.39 is 19.9 Å². The van der Waals surface area contributed by atoms with E-state index in [1.165, 1.54) is 16.8 Å². The van der Waals surface area contributed by atoms with E-state index in [1.807, 2.05) is 10.6 Å². The van der Waals surface area contributed by atoms with Crippen LogP contribution >= 0.6 is 11.6 Å². The summed E-state index contributed by atoms with van der Waals surface area (Å²) in [5, 5.41) is 5.38. The third-order valence-electron chi connectivity index (χ3n) is 5.85. The van der Waals surface area contributed by atoms with Crippen LogP contribution in [-0.4, -0.2) is 71.1 Å². The highest BCUT2D eigenvalue weighted by atomic mass is 35.5. The molecule has 1 saturated heterocycles. The highest BCUT2D eigenvalue weighted by molar-refractivity contribution is 7.90. The molecule has 4 heterocycles. The summed E-state index contributed by atoms with van der Waals surface area (Å²) in [7, 11) is -6.87. The van der Waals surface area contributed by atoms with Gasteiger partial charge in [0.2, 0.25) is 10.0 Å². The monoisotopic (exact) mass is 508 g/mol. The Hall–Kier alpha value is -2.54. The van der Waals surface area contributed by atoms with Crippen LogP contribution in [0.4, 0.5) is 0 Å². The number of halogens is 1. The van der Waals surface area contributed by atoms with E-state index in [0.29, 0.717) is 46.8 Å². The summed E-state index contributed by atoms with van der Waals surface area (Å²) >= 11 is 6.19. The fourth-order valence-electron chi connectivity index (χ4n) is 4.38. The summed E-state index contributed by atoms with van der Waals surface area (Å²) in [4.78, 5) is 8.89. The molecule has 5 rings (SSSR count). The van der Waals surface area contributed by atoms with Crippen molar-refractivity contribution in [1.82, 2.24) is 28.6 Å². The fraction of sp³-hybridized carbons (Fsp3) is 0.350. The number of benzene rings is 1. The van der Waals surface area contributed by atoms with E-state index in [4.69, 9.17) is 16.6 Å². The average molecular weight is 509 g/mol. The molecule has 1 aliphatic rings. The van der Waals surface area contributed by atoms with Crippen LogP contribution in [0.3, 0.4) is 0 Å². The number of hydrogen-bond acceptors (Lipinski definition) is 7. The third kappa shape index (κ3) is 4.01. The van der Waals surface area contributed by atoms with Crippen molar-refractivity contribution in [3.63, 3.8) is 0 Å². The van der Waals surface area contributed by atoms with Gasteiger partial charge < -0.3 is 4.57 Å². The molecule has 13 heteroatoms. The minimum atomic E-state index is -3.56. The summed E-state index contributed by atoms with van der Waals surface area (Å²) in [5.41, 5.74) is 2.07. The highest BCUT2D eigenvalue weighted by Gasteiger charge is 2.32. The third-order valence-corrected chi connectivity index (χ3v) is 8.36. The lowest BCUT2D eigenvalue weighted by molar-refractivity contribution is 0.451. The molecule has 0 bridgehead atoms. The van der Waals surface area contributed by atoms with Gasteiger partial charge in [-0.3, -0.25) is 9.67 Å². The molecule has 1 atom stereocenters. The predicted octanol–water partition coefficient (Wildman–Crippen LogP) is 2.09. The molecule has 1 fully saturated rings. The van der Waals surface area contributed by atoms with Crippen LogP contribution in [0, 0.1) is 0 Å². The summed E-state index contributed by atoms with van der Waals surface area (Å²) < 4.78 is 53.8. The SMILES string of the molecule is CS(=O)(=O)c1nn(Cc2nc3cc(Cl)ccc3n2[C@@H]2CCN(S(C)(=O)=O)C2)c2cnccc12. The molecule has 33 heavy (non-hydrogen) atoms. The van der Waals surface area contributed by atoms with Gasteiger partial charge in [0, 0.05) is 36.0 Å². The number of sulfone groups is 1. The van der Waals surface area contributed by atoms with Gasteiger partial charge in [-0.1, -0.05) is 11.6 Å². The Labute approximate surface area is 195 Å². The Morgan fingerprint density at radius 1 is 1.12 bits per heavy atom. The van der Waals surface area contributed by atoms with Gasteiger partial charge in [-0.05, 0) is 30.7 Å². The quantitative estimate of drug-likeness (QED) is 0.404. The number of imidazole rings is 1. The second-order valence-electron chi connectivity index (χ2n) is 8.22. The van der Waals surface area contributed by atoms with E-state index in [-0.39, 0.29) is 17.6 Å². The Balaban J connectivity index is 1.65. The van der Waals surface area contributed by atoms with Crippen molar-refractivity contribution >= 4 is 53.4 Å². The zero-order chi connectivity index (χ0) is 23.5. The van der Waals surface area contributed by atoms with Gasteiger partial charge in [0.05, 0.1) is 41.6 Å². The Bertz CT molecular complexity index is 1610. The van der Waals surface area contributed by atoms with E-state index in [0.717, 1.165) is 11.8 Å². The van der Waals surface area contributed by atoms with Crippen LogP contribution in [0.2, 0.25) is 5.02 Å². The average Bonchev–Trinajstić information content (AvgIpc) is 3.42. The van der Waals surface area contributed by atoms with E-state index in [2.05, 4.69) is 10.1 Å². The van der Waals surface area contributed by atoms with Crippen LogP contribution in [0.5, 0.6) is 0 Å². The number of fused-ring (bicyclic) bond motifs is 2. The van der Waals surface area contributed by atoms with E-state index in [1.54, 1.807) is 29.1 Å². The maximum absolute atomic E-state index is 12.3. The van der Waals surface area contributed by atoms with Crippen LogP contribution in [0.1, 0.15) is 18.3 Å². The maximum Gasteiger partial charge on any atom is 0.211 e. The van der Waals surface area contributed by atoms with E-state index >= 15 is 0 Å². The number of hydrogen-bond donors (Lipinski definition) is 0. The molecule has 0 unspecified atom stereocenters. The van der Waals surface area contributed by atoms with Gasteiger partial charge in [-0.25, -0.2) is 26.1 Å². The summed E-state index contributed by atoms with van der Waals surface area (Å²) in [5.74, 6) is 0.626. The first-order chi connectivity index (χ1) is 15.5. The molecule has 0 amide bonds.